The van der Waals surface area contributed by atoms with Gasteiger partial charge >= 0.3 is 0 Å². The number of aryl methyl sites for hydroxylation is 1. The van der Waals surface area contributed by atoms with Gasteiger partial charge in [-0.1, -0.05) is 35.9 Å². The molecule has 0 saturated carbocycles. The smallest absolute Gasteiger partial charge is 0.0946 e. The molecule has 0 amide bonds. The minimum absolute atomic E-state index is 0.454. The molecule has 0 fully saturated rings. The van der Waals surface area contributed by atoms with Crippen LogP contribution in [-0.4, -0.2) is 15.8 Å². The number of aromatic nitrogens is 2. The van der Waals surface area contributed by atoms with E-state index in [9.17, 15) is 0 Å². The van der Waals surface area contributed by atoms with Crippen molar-refractivity contribution in [1.29, 1.82) is 0 Å². The van der Waals surface area contributed by atoms with E-state index in [4.69, 9.17) is 0 Å². The van der Waals surface area contributed by atoms with Crippen LogP contribution in [0.2, 0.25) is 0 Å². The van der Waals surface area contributed by atoms with Gasteiger partial charge in [0.25, 0.3) is 0 Å². The fraction of sp³-hybridized carbons (Fsp3) is 0.235. The van der Waals surface area contributed by atoms with E-state index in [0.29, 0.717) is 5.25 Å². The van der Waals surface area contributed by atoms with Crippen LogP contribution >= 0.6 is 11.8 Å². The Kier molecular flexibility index (Phi) is 3.79. The third-order valence-electron chi connectivity index (χ3n) is 3.61. The van der Waals surface area contributed by atoms with E-state index in [0.717, 1.165) is 6.54 Å². The zero-order valence-corrected chi connectivity index (χ0v) is 12.6. The first kappa shape index (κ1) is 13.3. The van der Waals surface area contributed by atoms with Crippen LogP contribution in [-0.2, 0) is 6.54 Å². The number of thioether (sulfide) groups is 1. The second-order valence-electron chi connectivity index (χ2n) is 5.09. The molecule has 1 heterocycles. The van der Waals surface area contributed by atoms with E-state index in [2.05, 4.69) is 59.1 Å². The highest BCUT2D eigenvalue weighted by molar-refractivity contribution is 7.98. The van der Waals surface area contributed by atoms with Gasteiger partial charge in [-0.2, -0.15) is 11.8 Å². The van der Waals surface area contributed by atoms with Crippen molar-refractivity contribution in [2.45, 2.75) is 18.7 Å². The highest BCUT2D eigenvalue weighted by Crippen LogP contribution is 2.30. The van der Waals surface area contributed by atoms with Gasteiger partial charge in [-0.25, -0.2) is 4.98 Å². The molecule has 2 nitrogen and oxygen atoms in total. The Hall–Kier alpha value is -1.74. The lowest BCUT2D eigenvalue weighted by Crippen LogP contribution is -2.04. The molecule has 1 aromatic heterocycles. The Balaban J connectivity index is 1.93. The molecule has 0 spiro atoms. The number of fused-ring (bicyclic) bond motifs is 1. The lowest BCUT2D eigenvalue weighted by Gasteiger charge is -2.16. The zero-order chi connectivity index (χ0) is 13.9. The average Bonchev–Trinajstić information content (AvgIpc) is 2.97. The minimum Gasteiger partial charge on any atom is -0.336 e. The number of benzene rings is 2. The van der Waals surface area contributed by atoms with Gasteiger partial charge in [-0.15, -0.1) is 0 Å². The summed E-state index contributed by atoms with van der Waals surface area (Å²) in [5, 5.41) is 3.09. The Morgan fingerprint density at radius 2 is 1.95 bits per heavy atom. The van der Waals surface area contributed by atoms with Gasteiger partial charge in [0.1, 0.15) is 0 Å². The number of hydrogen-bond acceptors (Lipinski definition) is 2. The van der Waals surface area contributed by atoms with Crippen molar-refractivity contribution < 1.29 is 0 Å². The van der Waals surface area contributed by atoms with E-state index in [1.807, 2.05) is 30.5 Å². The fourth-order valence-electron chi connectivity index (χ4n) is 2.49. The predicted molar refractivity (Wildman–Crippen MR) is 87.2 cm³/mol. The predicted octanol–water partition coefficient (Wildman–Crippen LogP) is 4.45. The summed E-state index contributed by atoms with van der Waals surface area (Å²) in [6.45, 7) is 3.09. The molecule has 0 aliphatic carbocycles. The second kappa shape index (κ2) is 5.71. The summed E-state index contributed by atoms with van der Waals surface area (Å²) >= 11 is 1.88. The molecule has 3 aromatic rings. The van der Waals surface area contributed by atoms with Crippen molar-refractivity contribution in [3.05, 3.63) is 66.2 Å². The molecule has 0 saturated heterocycles. The highest BCUT2D eigenvalue weighted by Gasteiger charge is 2.11. The summed E-state index contributed by atoms with van der Waals surface area (Å²) in [5.74, 6) is 0. The molecule has 1 atom stereocenters. The minimum atomic E-state index is 0.454. The summed E-state index contributed by atoms with van der Waals surface area (Å²) in [4.78, 5) is 4.12. The van der Waals surface area contributed by atoms with E-state index >= 15 is 0 Å². The van der Waals surface area contributed by atoms with Crippen LogP contribution in [0.1, 0.15) is 16.4 Å². The van der Waals surface area contributed by atoms with Gasteiger partial charge in [0, 0.05) is 24.2 Å². The molecular weight excluding hydrogens is 264 g/mol. The Morgan fingerprint density at radius 1 is 1.15 bits per heavy atom. The van der Waals surface area contributed by atoms with Crippen LogP contribution in [0, 0.1) is 6.92 Å². The molecule has 102 valence electrons. The van der Waals surface area contributed by atoms with Crippen LogP contribution in [0.25, 0.3) is 10.8 Å². The highest BCUT2D eigenvalue weighted by atomic mass is 32.2. The van der Waals surface area contributed by atoms with Gasteiger partial charge in [-0.05, 0) is 35.6 Å². The van der Waals surface area contributed by atoms with Crippen LogP contribution in [0.4, 0.5) is 0 Å². The second-order valence-corrected chi connectivity index (χ2v) is 6.13. The first-order valence-electron chi connectivity index (χ1n) is 6.75. The van der Waals surface area contributed by atoms with Gasteiger partial charge in [0.15, 0.2) is 0 Å². The van der Waals surface area contributed by atoms with Gasteiger partial charge < -0.3 is 4.57 Å². The van der Waals surface area contributed by atoms with Crippen molar-refractivity contribution in [2.75, 3.05) is 6.26 Å². The summed E-state index contributed by atoms with van der Waals surface area (Å²) in [7, 11) is 0. The van der Waals surface area contributed by atoms with Crippen molar-refractivity contribution in [3.63, 3.8) is 0 Å². The van der Waals surface area contributed by atoms with Crippen LogP contribution < -0.4 is 0 Å². The van der Waals surface area contributed by atoms with E-state index in [-0.39, 0.29) is 0 Å². The molecule has 2 aromatic carbocycles. The SMILES string of the molecule is CSC(Cn1ccnc1)c1ccc2cc(C)ccc2c1. The quantitative estimate of drug-likeness (QED) is 0.703. The number of hydrogen-bond donors (Lipinski definition) is 0. The molecule has 3 heteroatoms. The number of imidazole rings is 1. The third-order valence-corrected chi connectivity index (χ3v) is 4.60. The van der Waals surface area contributed by atoms with E-state index < -0.39 is 0 Å². The van der Waals surface area contributed by atoms with Crippen molar-refractivity contribution >= 4 is 22.5 Å². The maximum absolute atomic E-state index is 4.12. The Labute approximate surface area is 123 Å². The van der Waals surface area contributed by atoms with Crippen LogP contribution in [0.15, 0.2) is 55.1 Å². The van der Waals surface area contributed by atoms with Crippen molar-refractivity contribution in [3.8, 4) is 0 Å². The first-order valence-corrected chi connectivity index (χ1v) is 8.04. The molecule has 1 unspecified atom stereocenters. The first-order chi connectivity index (χ1) is 9.76. The van der Waals surface area contributed by atoms with Crippen molar-refractivity contribution in [1.82, 2.24) is 9.55 Å². The summed E-state index contributed by atoms with van der Waals surface area (Å²) in [6.07, 6.45) is 7.91. The monoisotopic (exact) mass is 282 g/mol. The normalized spacial score (nSPS) is 12.7. The molecule has 0 aliphatic rings. The fourth-order valence-corrected chi connectivity index (χ4v) is 3.23. The standard InChI is InChI=1S/C17H18N2S/c1-13-3-4-15-10-16(6-5-14(15)9-13)17(20-2)11-19-8-7-18-12-19/h3-10,12,17H,11H2,1-2H3. The molecule has 0 bridgehead atoms. The summed E-state index contributed by atoms with van der Waals surface area (Å²) in [6, 6.07) is 13.4. The Morgan fingerprint density at radius 3 is 2.70 bits per heavy atom. The summed E-state index contributed by atoms with van der Waals surface area (Å²) < 4.78 is 2.14. The van der Waals surface area contributed by atoms with Gasteiger partial charge in [0.2, 0.25) is 0 Å². The van der Waals surface area contributed by atoms with Gasteiger partial charge in [-0.3, -0.25) is 0 Å². The number of nitrogens with zero attached hydrogens (tertiary/aromatic N) is 2. The zero-order valence-electron chi connectivity index (χ0n) is 11.8. The summed E-state index contributed by atoms with van der Waals surface area (Å²) in [5.41, 5.74) is 2.69. The molecular formula is C17H18N2S. The molecule has 0 aliphatic heterocycles. The molecule has 0 radical (unpaired) electrons. The Bertz CT molecular complexity index is 704. The van der Waals surface area contributed by atoms with Gasteiger partial charge in [0.05, 0.1) is 6.33 Å². The number of rotatable bonds is 4. The van der Waals surface area contributed by atoms with E-state index in [1.165, 1.54) is 21.9 Å². The third kappa shape index (κ3) is 2.73. The largest absolute Gasteiger partial charge is 0.336 e. The lowest BCUT2D eigenvalue weighted by atomic mass is 10.0. The molecule has 3 rings (SSSR count). The van der Waals surface area contributed by atoms with Crippen molar-refractivity contribution in [2.24, 2.45) is 0 Å². The van der Waals surface area contributed by atoms with Crippen LogP contribution in [0.5, 0.6) is 0 Å². The van der Waals surface area contributed by atoms with E-state index in [1.54, 1.807) is 0 Å². The molecule has 0 N–H and O–H groups in total. The van der Waals surface area contributed by atoms with Crippen LogP contribution in [0.3, 0.4) is 0 Å². The topological polar surface area (TPSA) is 17.8 Å². The average molecular weight is 282 g/mol. The molecule has 20 heavy (non-hydrogen) atoms. The maximum Gasteiger partial charge on any atom is 0.0946 e. The lowest BCUT2D eigenvalue weighted by molar-refractivity contribution is 0.685. The maximum atomic E-state index is 4.12.